The topological polar surface area (TPSA) is 46.3 Å². The third-order valence-electron chi connectivity index (χ3n) is 3.92. The molecule has 2 rings (SSSR count). The standard InChI is InChI=1S/C15H21ClN2O/c1-10-5-6-13(16)8-14(10)15(19)18-7-3-4-12(9-18)11(2)17/h5-6,8,11-12H,3-4,7,9,17H2,1-2H3. The molecule has 0 spiro atoms. The maximum absolute atomic E-state index is 12.6. The third-order valence-corrected chi connectivity index (χ3v) is 4.15. The first kappa shape index (κ1) is 14.4. The Morgan fingerprint density at radius 2 is 2.26 bits per heavy atom. The Labute approximate surface area is 119 Å². The van der Waals surface area contributed by atoms with Crippen LogP contribution in [0.3, 0.4) is 0 Å². The summed E-state index contributed by atoms with van der Waals surface area (Å²) in [6.45, 7) is 5.52. The van der Waals surface area contributed by atoms with Crippen LogP contribution < -0.4 is 5.73 Å². The van der Waals surface area contributed by atoms with Gasteiger partial charge in [0.1, 0.15) is 0 Å². The summed E-state index contributed by atoms with van der Waals surface area (Å²) in [5.74, 6) is 0.475. The highest BCUT2D eigenvalue weighted by atomic mass is 35.5. The van der Waals surface area contributed by atoms with Crippen LogP contribution in [0, 0.1) is 12.8 Å². The summed E-state index contributed by atoms with van der Waals surface area (Å²) in [4.78, 5) is 14.5. The van der Waals surface area contributed by atoms with Crippen molar-refractivity contribution in [3.8, 4) is 0 Å². The lowest BCUT2D eigenvalue weighted by molar-refractivity contribution is 0.0660. The van der Waals surface area contributed by atoms with E-state index in [1.165, 1.54) is 0 Å². The average molecular weight is 281 g/mol. The second kappa shape index (κ2) is 5.93. The van der Waals surface area contributed by atoms with Gasteiger partial charge in [0.25, 0.3) is 5.91 Å². The summed E-state index contributed by atoms with van der Waals surface area (Å²) >= 11 is 5.99. The monoisotopic (exact) mass is 280 g/mol. The van der Waals surface area contributed by atoms with Gasteiger partial charge in [-0.05, 0) is 50.3 Å². The minimum absolute atomic E-state index is 0.0744. The number of nitrogens with zero attached hydrogens (tertiary/aromatic N) is 1. The van der Waals surface area contributed by atoms with Gasteiger partial charge in [-0.1, -0.05) is 17.7 Å². The molecule has 0 aliphatic carbocycles. The zero-order chi connectivity index (χ0) is 14.0. The van der Waals surface area contributed by atoms with Gasteiger partial charge in [-0.15, -0.1) is 0 Å². The zero-order valence-electron chi connectivity index (χ0n) is 11.5. The molecule has 104 valence electrons. The predicted molar refractivity (Wildman–Crippen MR) is 78.5 cm³/mol. The highest BCUT2D eigenvalue weighted by molar-refractivity contribution is 6.31. The number of likely N-dealkylation sites (tertiary alicyclic amines) is 1. The third kappa shape index (κ3) is 3.28. The van der Waals surface area contributed by atoms with Gasteiger partial charge in [0.2, 0.25) is 0 Å². The van der Waals surface area contributed by atoms with Gasteiger partial charge < -0.3 is 10.6 Å². The second-order valence-corrected chi connectivity index (χ2v) is 5.91. The van der Waals surface area contributed by atoms with E-state index in [2.05, 4.69) is 0 Å². The summed E-state index contributed by atoms with van der Waals surface area (Å²) in [5.41, 5.74) is 7.64. The van der Waals surface area contributed by atoms with Gasteiger partial charge in [-0.3, -0.25) is 4.79 Å². The largest absolute Gasteiger partial charge is 0.338 e. The molecule has 1 aromatic carbocycles. The Bertz CT molecular complexity index is 473. The normalized spacial score (nSPS) is 21.3. The number of benzene rings is 1. The van der Waals surface area contributed by atoms with Crippen molar-refractivity contribution in [1.29, 1.82) is 0 Å². The van der Waals surface area contributed by atoms with E-state index in [0.717, 1.165) is 31.5 Å². The average Bonchev–Trinajstić information content (AvgIpc) is 2.41. The minimum Gasteiger partial charge on any atom is -0.338 e. The number of hydrogen-bond donors (Lipinski definition) is 1. The van der Waals surface area contributed by atoms with E-state index in [0.29, 0.717) is 16.5 Å². The van der Waals surface area contributed by atoms with Crippen LogP contribution in [-0.2, 0) is 0 Å². The fraction of sp³-hybridized carbons (Fsp3) is 0.533. The number of carbonyl (C=O) groups excluding carboxylic acids is 1. The van der Waals surface area contributed by atoms with E-state index in [1.807, 2.05) is 30.9 Å². The van der Waals surface area contributed by atoms with Crippen LogP contribution >= 0.6 is 11.6 Å². The van der Waals surface area contributed by atoms with Crippen molar-refractivity contribution in [2.75, 3.05) is 13.1 Å². The van der Waals surface area contributed by atoms with E-state index in [1.54, 1.807) is 6.07 Å². The van der Waals surface area contributed by atoms with Gasteiger partial charge in [0.15, 0.2) is 0 Å². The molecule has 2 unspecified atom stereocenters. The lowest BCUT2D eigenvalue weighted by Gasteiger charge is -2.35. The molecule has 4 heteroatoms. The molecule has 1 aromatic rings. The molecule has 0 aromatic heterocycles. The Balaban J connectivity index is 2.17. The van der Waals surface area contributed by atoms with Gasteiger partial charge in [-0.25, -0.2) is 0 Å². The summed E-state index contributed by atoms with van der Waals surface area (Å²) < 4.78 is 0. The smallest absolute Gasteiger partial charge is 0.254 e. The van der Waals surface area contributed by atoms with Crippen molar-refractivity contribution >= 4 is 17.5 Å². The van der Waals surface area contributed by atoms with Crippen LogP contribution in [0.15, 0.2) is 18.2 Å². The fourth-order valence-electron chi connectivity index (χ4n) is 2.62. The molecule has 1 amide bonds. The first-order valence-electron chi connectivity index (χ1n) is 6.80. The number of carbonyl (C=O) groups is 1. The summed E-state index contributed by atoms with van der Waals surface area (Å²) in [7, 11) is 0. The van der Waals surface area contributed by atoms with E-state index in [-0.39, 0.29) is 11.9 Å². The van der Waals surface area contributed by atoms with Crippen molar-refractivity contribution < 1.29 is 4.79 Å². The maximum atomic E-state index is 12.6. The van der Waals surface area contributed by atoms with Gasteiger partial charge in [0.05, 0.1) is 0 Å². The molecule has 2 N–H and O–H groups in total. The van der Waals surface area contributed by atoms with E-state index < -0.39 is 0 Å². The molecular weight excluding hydrogens is 260 g/mol. The van der Waals surface area contributed by atoms with E-state index in [4.69, 9.17) is 17.3 Å². The molecule has 1 aliphatic rings. The molecule has 2 atom stereocenters. The maximum Gasteiger partial charge on any atom is 0.254 e. The Morgan fingerprint density at radius 1 is 1.53 bits per heavy atom. The summed E-state index contributed by atoms with van der Waals surface area (Å²) in [5, 5.41) is 0.606. The van der Waals surface area contributed by atoms with E-state index in [9.17, 15) is 4.79 Å². The number of piperidine rings is 1. The van der Waals surface area contributed by atoms with Crippen molar-refractivity contribution in [2.45, 2.75) is 32.7 Å². The molecule has 1 heterocycles. The number of hydrogen-bond acceptors (Lipinski definition) is 2. The summed E-state index contributed by atoms with van der Waals surface area (Å²) in [6.07, 6.45) is 2.13. The van der Waals surface area contributed by atoms with Gasteiger partial charge in [-0.2, -0.15) is 0 Å². The SMILES string of the molecule is Cc1ccc(Cl)cc1C(=O)N1CCCC(C(C)N)C1. The number of halogens is 1. The number of aryl methyl sites for hydroxylation is 1. The van der Waals surface area contributed by atoms with Crippen molar-refractivity contribution in [2.24, 2.45) is 11.7 Å². The fourth-order valence-corrected chi connectivity index (χ4v) is 2.79. The molecule has 3 nitrogen and oxygen atoms in total. The number of amides is 1. The lowest BCUT2D eigenvalue weighted by atomic mass is 9.91. The molecule has 0 saturated carbocycles. The first-order chi connectivity index (χ1) is 8.99. The van der Waals surface area contributed by atoms with Crippen LogP contribution in [0.5, 0.6) is 0 Å². The Morgan fingerprint density at radius 3 is 2.95 bits per heavy atom. The quantitative estimate of drug-likeness (QED) is 0.905. The van der Waals surface area contributed by atoms with Crippen LogP contribution in [-0.4, -0.2) is 29.9 Å². The second-order valence-electron chi connectivity index (χ2n) is 5.47. The van der Waals surface area contributed by atoms with Crippen molar-refractivity contribution in [3.05, 3.63) is 34.3 Å². The Hall–Kier alpha value is -1.06. The van der Waals surface area contributed by atoms with Gasteiger partial charge >= 0.3 is 0 Å². The molecule has 0 radical (unpaired) electrons. The molecule has 1 fully saturated rings. The van der Waals surface area contributed by atoms with Crippen LogP contribution in [0.1, 0.15) is 35.7 Å². The van der Waals surface area contributed by atoms with E-state index >= 15 is 0 Å². The molecule has 19 heavy (non-hydrogen) atoms. The zero-order valence-corrected chi connectivity index (χ0v) is 12.3. The molecular formula is C15H21ClN2O. The molecule has 0 bridgehead atoms. The van der Waals surface area contributed by atoms with Crippen molar-refractivity contribution in [3.63, 3.8) is 0 Å². The first-order valence-corrected chi connectivity index (χ1v) is 7.18. The molecule has 1 saturated heterocycles. The van der Waals surface area contributed by atoms with Crippen LogP contribution in [0.25, 0.3) is 0 Å². The predicted octanol–water partition coefficient (Wildman–Crippen LogP) is 2.85. The highest BCUT2D eigenvalue weighted by Crippen LogP contribution is 2.23. The van der Waals surface area contributed by atoms with Crippen molar-refractivity contribution in [1.82, 2.24) is 4.90 Å². The molecule has 1 aliphatic heterocycles. The van der Waals surface area contributed by atoms with Gasteiger partial charge in [0, 0.05) is 29.7 Å². The van der Waals surface area contributed by atoms with Crippen LogP contribution in [0.4, 0.5) is 0 Å². The highest BCUT2D eigenvalue weighted by Gasteiger charge is 2.27. The number of nitrogens with two attached hydrogens (primary N) is 1. The summed E-state index contributed by atoms with van der Waals surface area (Å²) in [6, 6.07) is 5.60. The number of rotatable bonds is 2. The lowest BCUT2D eigenvalue weighted by Crippen LogP contribution is -2.45. The minimum atomic E-state index is 0.0744. The van der Waals surface area contributed by atoms with Crippen LogP contribution in [0.2, 0.25) is 5.02 Å². The Kier molecular flexibility index (Phi) is 4.48.